The third-order valence-electron chi connectivity index (χ3n) is 4.66. The maximum absolute atomic E-state index is 14.4. The molecule has 144 valence electrons. The Bertz CT molecular complexity index is 1180. The molecule has 0 radical (unpaired) electrons. The minimum Gasteiger partial charge on any atom is -0.338 e. The van der Waals surface area contributed by atoms with E-state index < -0.39 is 17.6 Å². The van der Waals surface area contributed by atoms with E-state index in [0.717, 1.165) is 12.1 Å². The number of aromatic nitrogens is 4. The highest BCUT2D eigenvalue weighted by molar-refractivity contribution is 5.95. The van der Waals surface area contributed by atoms with E-state index in [4.69, 9.17) is 0 Å². The number of anilines is 2. The number of pyridine rings is 2. The summed E-state index contributed by atoms with van der Waals surface area (Å²) in [5.74, 6) is -0.289. The lowest BCUT2D eigenvalue weighted by Gasteiger charge is -2.09. The van der Waals surface area contributed by atoms with E-state index in [1.54, 1.807) is 36.8 Å². The summed E-state index contributed by atoms with van der Waals surface area (Å²) in [5, 5.41) is 3.18. The fourth-order valence-electron chi connectivity index (χ4n) is 3.31. The van der Waals surface area contributed by atoms with Crippen LogP contribution in [0.4, 0.5) is 29.1 Å². The van der Waals surface area contributed by atoms with E-state index in [1.807, 2.05) is 0 Å². The maximum Gasteiger partial charge on any atom is 0.416 e. The van der Waals surface area contributed by atoms with Gasteiger partial charge in [-0.25, -0.2) is 14.4 Å². The topological polar surface area (TPSA) is 66.5 Å². The summed E-state index contributed by atoms with van der Waals surface area (Å²) in [6, 6.07) is 7.48. The van der Waals surface area contributed by atoms with Crippen molar-refractivity contribution in [3.63, 3.8) is 0 Å². The molecule has 0 saturated carbocycles. The molecule has 0 saturated heterocycles. The van der Waals surface area contributed by atoms with Gasteiger partial charge in [0.2, 0.25) is 0 Å². The Morgan fingerprint density at radius 2 is 1.79 bits per heavy atom. The van der Waals surface area contributed by atoms with E-state index in [1.165, 1.54) is 0 Å². The summed E-state index contributed by atoms with van der Waals surface area (Å²) in [7, 11) is 0. The van der Waals surface area contributed by atoms with Gasteiger partial charge in [0, 0.05) is 23.5 Å². The van der Waals surface area contributed by atoms with Gasteiger partial charge in [0.05, 0.1) is 28.7 Å². The largest absolute Gasteiger partial charge is 0.416 e. The molecule has 0 spiro atoms. The van der Waals surface area contributed by atoms with Crippen LogP contribution in [0.1, 0.15) is 5.56 Å². The van der Waals surface area contributed by atoms with Gasteiger partial charge in [-0.15, -0.1) is 0 Å². The fourth-order valence-corrected chi connectivity index (χ4v) is 3.31. The summed E-state index contributed by atoms with van der Waals surface area (Å²) >= 11 is 0. The van der Waals surface area contributed by atoms with E-state index >= 15 is 0 Å². The van der Waals surface area contributed by atoms with Crippen molar-refractivity contribution in [1.82, 2.24) is 19.9 Å². The molecule has 1 aliphatic rings. The Kier molecular flexibility index (Phi) is 3.67. The number of halogens is 4. The van der Waals surface area contributed by atoms with Gasteiger partial charge in [-0.05, 0) is 36.4 Å². The van der Waals surface area contributed by atoms with Crippen LogP contribution in [-0.4, -0.2) is 19.9 Å². The molecule has 0 bridgehead atoms. The van der Waals surface area contributed by atoms with Crippen molar-refractivity contribution >= 4 is 11.5 Å². The van der Waals surface area contributed by atoms with Crippen molar-refractivity contribution in [2.24, 2.45) is 0 Å². The van der Waals surface area contributed by atoms with Crippen LogP contribution in [0.5, 0.6) is 0 Å². The van der Waals surface area contributed by atoms with Crippen molar-refractivity contribution in [3.05, 3.63) is 66.4 Å². The molecule has 4 aromatic rings. The standard InChI is InChI=1S/C20H11F4N5/c21-14-4-3-10(20(22,23)24)8-13(14)19-28-16-11-5-7-25-9-15(11)27-18-12(17(16)29-19)2-1-6-26-18/h1-9H,(H,26,27)(H,28,29). The Hall–Kier alpha value is -3.75. The number of hydrogen-bond donors (Lipinski definition) is 2. The molecular formula is C20H11F4N5. The van der Waals surface area contributed by atoms with Crippen molar-refractivity contribution in [2.45, 2.75) is 6.18 Å². The Morgan fingerprint density at radius 1 is 0.931 bits per heavy atom. The van der Waals surface area contributed by atoms with Crippen molar-refractivity contribution in [1.29, 1.82) is 0 Å². The third kappa shape index (κ3) is 2.82. The van der Waals surface area contributed by atoms with Crippen LogP contribution < -0.4 is 5.32 Å². The molecule has 0 amide bonds. The Morgan fingerprint density at radius 3 is 2.62 bits per heavy atom. The number of rotatable bonds is 1. The van der Waals surface area contributed by atoms with Crippen LogP contribution in [0.3, 0.4) is 0 Å². The van der Waals surface area contributed by atoms with E-state index in [0.29, 0.717) is 40.1 Å². The van der Waals surface area contributed by atoms with Crippen LogP contribution in [-0.2, 0) is 6.18 Å². The van der Waals surface area contributed by atoms with Gasteiger partial charge in [-0.2, -0.15) is 13.2 Å². The van der Waals surface area contributed by atoms with Gasteiger partial charge in [0.25, 0.3) is 0 Å². The molecule has 0 fully saturated rings. The normalized spacial score (nSPS) is 12.4. The average Bonchev–Trinajstić information content (AvgIpc) is 3.08. The molecular weight excluding hydrogens is 386 g/mol. The second-order valence-corrected chi connectivity index (χ2v) is 6.45. The summed E-state index contributed by atoms with van der Waals surface area (Å²) < 4.78 is 53.8. The summed E-state index contributed by atoms with van der Waals surface area (Å²) in [6.45, 7) is 0. The smallest absolute Gasteiger partial charge is 0.338 e. The molecule has 0 atom stereocenters. The number of nitrogens with one attached hydrogen (secondary N) is 2. The zero-order valence-electron chi connectivity index (χ0n) is 14.5. The molecule has 0 unspecified atom stereocenters. The maximum atomic E-state index is 14.4. The van der Waals surface area contributed by atoms with Gasteiger partial charge >= 0.3 is 6.18 Å². The number of imidazole rings is 1. The number of alkyl halides is 3. The van der Waals surface area contributed by atoms with Crippen molar-refractivity contribution in [2.75, 3.05) is 5.32 Å². The van der Waals surface area contributed by atoms with E-state index in [9.17, 15) is 17.6 Å². The highest BCUT2D eigenvalue weighted by Gasteiger charge is 2.32. The first-order valence-corrected chi connectivity index (χ1v) is 8.56. The van der Waals surface area contributed by atoms with Crippen LogP contribution in [0, 0.1) is 5.82 Å². The summed E-state index contributed by atoms with van der Waals surface area (Å²) in [5.41, 5.74) is 1.75. The highest BCUT2D eigenvalue weighted by atomic mass is 19.4. The van der Waals surface area contributed by atoms with Gasteiger partial charge in [0.15, 0.2) is 0 Å². The molecule has 9 heteroatoms. The first-order valence-electron chi connectivity index (χ1n) is 8.56. The molecule has 1 aromatic carbocycles. The third-order valence-corrected chi connectivity index (χ3v) is 4.66. The van der Waals surface area contributed by atoms with E-state index in [2.05, 4.69) is 25.3 Å². The molecule has 2 N–H and O–H groups in total. The van der Waals surface area contributed by atoms with Gasteiger partial charge < -0.3 is 10.3 Å². The fraction of sp³-hybridized carbons (Fsp3) is 0.0500. The lowest BCUT2D eigenvalue weighted by atomic mass is 10.1. The van der Waals surface area contributed by atoms with Crippen LogP contribution in [0.25, 0.3) is 33.9 Å². The minimum absolute atomic E-state index is 0.00179. The quantitative estimate of drug-likeness (QED) is 0.371. The van der Waals surface area contributed by atoms with Crippen LogP contribution >= 0.6 is 0 Å². The van der Waals surface area contributed by atoms with Crippen molar-refractivity contribution in [3.8, 4) is 33.9 Å². The lowest BCUT2D eigenvalue weighted by molar-refractivity contribution is -0.137. The first kappa shape index (κ1) is 17.4. The molecule has 5 nitrogen and oxygen atoms in total. The Balaban J connectivity index is 1.77. The van der Waals surface area contributed by atoms with Gasteiger partial charge in [-0.1, -0.05) is 0 Å². The minimum atomic E-state index is -4.59. The van der Waals surface area contributed by atoms with Gasteiger partial charge in [-0.3, -0.25) is 4.98 Å². The van der Waals surface area contributed by atoms with Gasteiger partial charge in [0.1, 0.15) is 23.2 Å². The summed E-state index contributed by atoms with van der Waals surface area (Å²) in [6.07, 6.45) is 0.200. The molecule has 1 aliphatic heterocycles. The first-order chi connectivity index (χ1) is 13.9. The second kappa shape index (κ2) is 6.13. The predicted molar refractivity (Wildman–Crippen MR) is 98.7 cm³/mol. The number of H-pyrrole nitrogens is 1. The average molecular weight is 397 g/mol. The monoisotopic (exact) mass is 397 g/mol. The summed E-state index contributed by atoms with van der Waals surface area (Å²) in [4.78, 5) is 15.8. The number of hydrogen-bond acceptors (Lipinski definition) is 4. The molecule has 5 rings (SSSR count). The molecule has 0 aliphatic carbocycles. The van der Waals surface area contributed by atoms with Crippen LogP contribution in [0.2, 0.25) is 0 Å². The zero-order chi connectivity index (χ0) is 20.2. The Labute approximate surface area is 161 Å². The van der Waals surface area contributed by atoms with Crippen molar-refractivity contribution < 1.29 is 17.6 Å². The molecule has 3 aromatic heterocycles. The van der Waals surface area contributed by atoms with Crippen LogP contribution in [0.15, 0.2) is 55.0 Å². The number of aromatic amines is 1. The lowest BCUT2D eigenvalue weighted by Crippen LogP contribution is -2.05. The number of benzene rings is 1. The number of fused-ring (bicyclic) bond motifs is 5. The number of nitrogens with zero attached hydrogens (tertiary/aromatic N) is 3. The highest BCUT2D eigenvalue weighted by Crippen LogP contribution is 2.43. The van der Waals surface area contributed by atoms with E-state index in [-0.39, 0.29) is 11.4 Å². The molecule has 29 heavy (non-hydrogen) atoms. The SMILES string of the molecule is Fc1ccc(C(F)(F)F)cc1-c1nc2c([nH]1)-c1ccncc1Nc1ncccc1-2. The second-order valence-electron chi connectivity index (χ2n) is 6.45. The zero-order valence-corrected chi connectivity index (χ0v) is 14.5. The predicted octanol–water partition coefficient (Wildman–Crippen LogP) is 5.42. The molecule has 4 heterocycles.